The van der Waals surface area contributed by atoms with Gasteiger partial charge in [0.15, 0.2) is 6.04 Å². The molecule has 1 aliphatic rings. The highest BCUT2D eigenvalue weighted by Gasteiger charge is 2.35. The van der Waals surface area contributed by atoms with Crippen molar-refractivity contribution in [3.05, 3.63) is 28.8 Å². The summed E-state index contributed by atoms with van der Waals surface area (Å²) in [5, 5.41) is 2.85. The van der Waals surface area contributed by atoms with E-state index in [1.54, 1.807) is 4.31 Å². The summed E-state index contributed by atoms with van der Waals surface area (Å²) in [6.07, 6.45) is 0. The highest BCUT2D eigenvalue weighted by atomic mass is 32.2. The van der Waals surface area contributed by atoms with E-state index >= 15 is 0 Å². The lowest BCUT2D eigenvalue weighted by Crippen LogP contribution is -3.19. The van der Waals surface area contributed by atoms with Crippen LogP contribution < -0.4 is 10.2 Å². The van der Waals surface area contributed by atoms with Crippen LogP contribution in [0.4, 0.5) is 0 Å². The Morgan fingerprint density at radius 3 is 2.11 bits per heavy atom. The number of hydrogen-bond acceptors (Lipinski definition) is 3. The topological polar surface area (TPSA) is 70.9 Å². The van der Waals surface area contributed by atoms with Crippen molar-refractivity contribution >= 4 is 15.9 Å². The monoisotopic (exact) mass is 410 g/mol. The van der Waals surface area contributed by atoms with Crippen LogP contribution in [0.15, 0.2) is 17.0 Å². The fourth-order valence-electron chi connectivity index (χ4n) is 3.88. The van der Waals surface area contributed by atoms with Gasteiger partial charge in [-0.3, -0.25) is 4.79 Å². The van der Waals surface area contributed by atoms with Crippen LogP contribution in [-0.4, -0.2) is 57.4 Å². The van der Waals surface area contributed by atoms with Gasteiger partial charge in [-0.05, 0) is 49.8 Å². The zero-order valence-corrected chi connectivity index (χ0v) is 19.2. The highest BCUT2D eigenvalue weighted by Crippen LogP contribution is 2.30. The third-order valence-corrected chi connectivity index (χ3v) is 7.85. The lowest BCUT2D eigenvalue weighted by molar-refractivity contribution is -0.917. The Labute approximate surface area is 170 Å². The first kappa shape index (κ1) is 22.8. The van der Waals surface area contributed by atoms with E-state index < -0.39 is 10.0 Å². The van der Waals surface area contributed by atoms with E-state index in [1.807, 2.05) is 39.8 Å². The minimum atomic E-state index is -3.55. The van der Waals surface area contributed by atoms with Gasteiger partial charge < -0.3 is 10.2 Å². The molecule has 1 fully saturated rings. The van der Waals surface area contributed by atoms with Crippen molar-refractivity contribution in [1.82, 2.24) is 9.62 Å². The second kappa shape index (κ2) is 8.51. The van der Waals surface area contributed by atoms with Gasteiger partial charge in [0, 0.05) is 6.54 Å². The molecule has 1 aliphatic heterocycles. The minimum absolute atomic E-state index is 0.0258. The summed E-state index contributed by atoms with van der Waals surface area (Å²) < 4.78 is 28.3. The van der Waals surface area contributed by atoms with Crippen molar-refractivity contribution < 1.29 is 18.1 Å². The van der Waals surface area contributed by atoms with Crippen LogP contribution in [0, 0.1) is 13.8 Å². The molecule has 1 heterocycles. The molecular formula is C21H36N3O3S+. The second-order valence-corrected chi connectivity index (χ2v) is 10.7. The second-order valence-electron chi connectivity index (χ2n) is 8.87. The molecule has 2 N–H and O–H groups in total. The van der Waals surface area contributed by atoms with Gasteiger partial charge in [-0.15, -0.1) is 0 Å². The Hall–Kier alpha value is -1.44. The van der Waals surface area contributed by atoms with E-state index in [4.69, 9.17) is 0 Å². The molecule has 0 spiro atoms. The molecule has 1 amide bonds. The van der Waals surface area contributed by atoms with Crippen LogP contribution in [0.5, 0.6) is 0 Å². The standard InChI is InChI=1S/C21H35N3O3S/c1-8-22-20(25)17(4)23-9-11-24(12-10-23)28(26,27)19-15(2)13-18(14-16(19)3)21(5,6)7/h13-14,17H,8-12H2,1-7H3,(H,22,25)/p+1/t17-/m0/s1. The summed E-state index contributed by atoms with van der Waals surface area (Å²) >= 11 is 0. The Morgan fingerprint density at radius 2 is 1.68 bits per heavy atom. The van der Waals surface area contributed by atoms with Crippen molar-refractivity contribution in [2.45, 2.75) is 64.8 Å². The number of piperazine rings is 1. The number of nitrogens with zero attached hydrogens (tertiary/aromatic N) is 1. The molecule has 0 bridgehead atoms. The van der Waals surface area contributed by atoms with Gasteiger partial charge in [-0.25, -0.2) is 8.42 Å². The van der Waals surface area contributed by atoms with Gasteiger partial charge in [-0.1, -0.05) is 32.9 Å². The van der Waals surface area contributed by atoms with Gasteiger partial charge in [0.1, 0.15) is 0 Å². The van der Waals surface area contributed by atoms with Crippen LogP contribution in [0.2, 0.25) is 0 Å². The minimum Gasteiger partial charge on any atom is -0.351 e. The summed E-state index contributed by atoms with van der Waals surface area (Å²) in [5.41, 5.74) is 2.72. The number of hydrogen-bond donors (Lipinski definition) is 2. The maximum atomic E-state index is 13.3. The summed E-state index contributed by atoms with van der Waals surface area (Å²) in [7, 11) is -3.55. The number of nitrogens with one attached hydrogen (secondary N) is 2. The number of carbonyl (C=O) groups excluding carboxylic acids is 1. The van der Waals surface area contributed by atoms with E-state index in [9.17, 15) is 13.2 Å². The van der Waals surface area contributed by atoms with Gasteiger partial charge in [0.05, 0.1) is 31.1 Å². The number of quaternary nitrogens is 1. The summed E-state index contributed by atoms with van der Waals surface area (Å²) in [4.78, 5) is 13.6. The van der Waals surface area contributed by atoms with Crippen molar-refractivity contribution in [2.75, 3.05) is 32.7 Å². The molecular weight excluding hydrogens is 374 g/mol. The van der Waals surface area contributed by atoms with Gasteiger partial charge in [0.2, 0.25) is 10.0 Å². The highest BCUT2D eigenvalue weighted by molar-refractivity contribution is 7.89. The molecule has 28 heavy (non-hydrogen) atoms. The molecule has 0 aliphatic carbocycles. The largest absolute Gasteiger partial charge is 0.351 e. The summed E-state index contributed by atoms with van der Waals surface area (Å²) in [6.45, 7) is 16.7. The van der Waals surface area contributed by atoms with Crippen LogP contribution in [0.25, 0.3) is 0 Å². The molecule has 1 aromatic rings. The number of likely N-dealkylation sites (N-methyl/N-ethyl adjacent to an activating group) is 1. The molecule has 0 saturated carbocycles. The van der Waals surface area contributed by atoms with E-state index in [0.717, 1.165) is 21.6 Å². The predicted octanol–water partition coefficient (Wildman–Crippen LogP) is 1.01. The maximum absolute atomic E-state index is 13.3. The molecule has 1 aromatic carbocycles. The number of rotatable bonds is 5. The number of aryl methyl sites for hydroxylation is 2. The van der Waals surface area contributed by atoms with E-state index in [-0.39, 0.29) is 17.4 Å². The van der Waals surface area contributed by atoms with E-state index in [2.05, 4.69) is 26.1 Å². The van der Waals surface area contributed by atoms with Crippen molar-refractivity contribution in [3.63, 3.8) is 0 Å². The Morgan fingerprint density at radius 1 is 1.18 bits per heavy atom. The molecule has 6 nitrogen and oxygen atoms in total. The zero-order valence-electron chi connectivity index (χ0n) is 18.3. The average molecular weight is 411 g/mol. The summed E-state index contributed by atoms with van der Waals surface area (Å²) in [6, 6.07) is 3.83. The number of sulfonamides is 1. The van der Waals surface area contributed by atoms with Crippen molar-refractivity contribution in [1.29, 1.82) is 0 Å². The number of benzene rings is 1. The first-order chi connectivity index (χ1) is 12.9. The first-order valence-electron chi connectivity index (χ1n) is 10.1. The third-order valence-electron chi connectivity index (χ3n) is 5.65. The predicted molar refractivity (Wildman–Crippen MR) is 112 cm³/mol. The van der Waals surface area contributed by atoms with Gasteiger partial charge in [0.25, 0.3) is 5.91 Å². The SMILES string of the molecule is CCNC(=O)[C@H](C)[NH+]1CCN(S(=O)(=O)c2c(C)cc(C(C)(C)C)cc2C)CC1. The van der Waals surface area contributed by atoms with Gasteiger partial charge in [-0.2, -0.15) is 4.31 Å². The Balaban J connectivity index is 2.20. The molecule has 0 radical (unpaired) electrons. The molecule has 1 atom stereocenters. The average Bonchev–Trinajstić information content (AvgIpc) is 2.59. The third kappa shape index (κ3) is 4.75. The normalized spacial score (nSPS) is 18.1. The van der Waals surface area contributed by atoms with Crippen LogP contribution in [0.1, 0.15) is 51.3 Å². The zero-order chi connectivity index (χ0) is 21.3. The molecule has 7 heteroatoms. The van der Waals surface area contributed by atoms with Crippen LogP contribution in [0.3, 0.4) is 0 Å². The molecule has 1 saturated heterocycles. The molecule has 0 aromatic heterocycles. The van der Waals surface area contributed by atoms with Gasteiger partial charge >= 0.3 is 0 Å². The first-order valence-corrected chi connectivity index (χ1v) is 11.6. The quantitative estimate of drug-likeness (QED) is 0.761. The summed E-state index contributed by atoms with van der Waals surface area (Å²) in [5.74, 6) is 0.0262. The lowest BCUT2D eigenvalue weighted by atomic mass is 9.85. The lowest BCUT2D eigenvalue weighted by Gasteiger charge is -2.34. The smallest absolute Gasteiger partial charge is 0.278 e. The molecule has 0 unspecified atom stereocenters. The van der Waals surface area contributed by atoms with Crippen molar-refractivity contribution in [3.8, 4) is 0 Å². The Kier molecular flexibility index (Phi) is 6.94. The van der Waals surface area contributed by atoms with Crippen LogP contribution in [-0.2, 0) is 20.2 Å². The number of carbonyl (C=O) groups is 1. The molecule has 2 rings (SSSR count). The fourth-order valence-corrected chi connectivity index (χ4v) is 5.73. The number of amides is 1. The maximum Gasteiger partial charge on any atom is 0.278 e. The van der Waals surface area contributed by atoms with Crippen molar-refractivity contribution in [2.24, 2.45) is 0 Å². The van der Waals surface area contributed by atoms with E-state index in [0.29, 0.717) is 37.6 Å². The molecule has 158 valence electrons. The fraction of sp³-hybridized carbons (Fsp3) is 0.667. The Bertz CT molecular complexity index is 797. The van der Waals surface area contributed by atoms with Crippen LogP contribution >= 0.6 is 0 Å². The van der Waals surface area contributed by atoms with E-state index in [1.165, 1.54) is 0 Å².